The molecule has 0 bridgehead atoms. The molecule has 0 aliphatic carbocycles. The smallest absolute Gasteiger partial charge is 0.142 e. The molecule has 0 saturated carbocycles. The number of Topliss-reactive ketones (excluding diaryl/α,β-unsaturated/α-hetero) is 1. The van der Waals surface area contributed by atoms with Crippen LogP contribution in [0.2, 0.25) is 0 Å². The van der Waals surface area contributed by atoms with Gasteiger partial charge in [0.25, 0.3) is 0 Å². The van der Waals surface area contributed by atoms with E-state index < -0.39 is 0 Å². The van der Waals surface area contributed by atoms with Gasteiger partial charge in [0.2, 0.25) is 0 Å². The van der Waals surface area contributed by atoms with E-state index in [4.69, 9.17) is 0 Å². The number of hydrogen-bond acceptors (Lipinski definition) is 2. The molecule has 19 heavy (non-hydrogen) atoms. The van der Waals surface area contributed by atoms with Crippen LogP contribution in [0.4, 0.5) is 0 Å². The Balaban J connectivity index is 5.11. The molecule has 0 fully saturated rings. The van der Waals surface area contributed by atoms with Gasteiger partial charge in [-0.3, -0.25) is 4.79 Å². The summed E-state index contributed by atoms with van der Waals surface area (Å²) in [6, 6.07) is 0.302. The Bertz CT molecular complexity index is 270. The molecule has 0 aromatic carbocycles. The molecule has 0 heterocycles. The molecule has 0 amide bonds. The molecule has 2 nitrogen and oxygen atoms in total. The van der Waals surface area contributed by atoms with Crippen LogP contribution in [0, 0.1) is 11.3 Å². The molecule has 2 atom stereocenters. The lowest BCUT2D eigenvalue weighted by molar-refractivity contribution is -0.131. The Hall–Kier alpha value is -0.370. The molecule has 0 aromatic heterocycles. The van der Waals surface area contributed by atoms with Crippen LogP contribution in [-0.2, 0) is 4.79 Å². The number of rotatable bonds is 7. The van der Waals surface area contributed by atoms with Crippen molar-refractivity contribution in [2.24, 2.45) is 11.3 Å². The number of hydrogen-bond donors (Lipinski definition) is 1. The van der Waals surface area contributed by atoms with Crippen LogP contribution in [0.3, 0.4) is 0 Å². The molecule has 0 aliphatic rings. The van der Waals surface area contributed by atoms with Crippen molar-refractivity contribution in [3.63, 3.8) is 0 Å². The highest BCUT2D eigenvalue weighted by Gasteiger charge is 2.35. The molecule has 0 aliphatic heterocycles. The van der Waals surface area contributed by atoms with Gasteiger partial charge >= 0.3 is 0 Å². The minimum absolute atomic E-state index is 0.0595. The molecular weight excluding hydrogens is 234 g/mol. The first kappa shape index (κ1) is 18.6. The maximum atomic E-state index is 12.7. The van der Waals surface area contributed by atoms with Crippen molar-refractivity contribution < 1.29 is 4.79 Å². The minimum atomic E-state index is -0.245. The van der Waals surface area contributed by atoms with Crippen LogP contribution < -0.4 is 5.32 Å². The first-order valence-electron chi connectivity index (χ1n) is 7.85. The van der Waals surface area contributed by atoms with Crippen LogP contribution >= 0.6 is 0 Å². The van der Waals surface area contributed by atoms with E-state index in [-0.39, 0.29) is 16.9 Å². The van der Waals surface area contributed by atoms with E-state index in [1.807, 2.05) is 20.8 Å². The second-order valence-electron chi connectivity index (χ2n) is 7.80. The zero-order valence-electron chi connectivity index (χ0n) is 14.4. The average Bonchev–Trinajstić information content (AvgIpc) is 2.21. The normalized spacial score (nSPS) is 16.2. The van der Waals surface area contributed by atoms with Gasteiger partial charge in [-0.15, -0.1) is 0 Å². The Morgan fingerprint density at radius 3 is 1.74 bits per heavy atom. The summed E-state index contributed by atoms with van der Waals surface area (Å²) in [4.78, 5) is 12.7. The Morgan fingerprint density at radius 2 is 1.42 bits per heavy atom. The van der Waals surface area contributed by atoms with Crippen molar-refractivity contribution in [3.8, 4) is 0 Å². The van der Waals surface area contributed by atoms with Gasteiger partial charge in [0, 0.05) is 22.9 Å². The third-order valence-corrected chi connectivity index (χ3v) is 3.38. The van der Waals surface area contributed by atoms with E-state index in [0.717, 1.165) is 25.7 Å². The third-order valence-electron chi connectivity index (χ3n) is 3.38. The van der Waals surface area contributed by atoms with E-state index >= 15 is 0 Å². The lowest BCUT2D eigenvalue weighted by Crippen LogP contribution is -2.50. The van der Waals surface area contributed by atoms with E-state index in [2.05, 4.69) is 39.9 Å². The van der Waals surface area contributed by atoms with E-state index in [1.54, 1.807) is 0 Å². The fourth-order valence-electron chi connectivity index (χ4n) is 2.62. The molecular formula is C17H35NO. The van der Waals surface area contributed by atoms with Crippen molar-refractivity contribution in [1.82, 2.24) is 5.32 Å². The van der Waals surface area contributed by atoms with Gasteiger partial charge in [0.05, 0.1) is 0 Å². The molecule has 114 valence electrons. The predicted molar refractivity (Wildman–Crippen MR) is 84.4 cm³/mol. The highest BCUT2D eigenvalue weighted by Crippen LogP contribution is 2.28. The van der Waals surface area contributed by atoms with Crippen LogP contribution in [0.5, 0.6) is 0 Å². The van der Waals surface area contributed by atoms with Gasteiger partial charge < -0.3 is 5.32 Å². The van der Waals surface area contributed by atoms with Crippen molar-refractivity contribution in [2.75, 3.05) is 0 Å². The highest BCUT2D eigenvalue weighted by molar-refractivity contribution is 5.86. The molecule has 0 spiro atoms. The first-order chi connectivity index (χ1) is 8.53. The molecule has 1 N–H and O–H groups in total. The van der Waals surface area contributed by atoms with Crippen molar-refractivity contribution >= 4 is 5.78 Å². The van der Waals surface area contributed by atoms with Crippen LogP contribution in [-0.4, -0.2) is 17.4 Å². The standard InChI is InChI=1S/C17H35NO/c1-9-11-13(15(19)16(3,4)5)14(12-10-2)18-17(6,7)8/h13-14,18H,9-12H2,1-8H3/t13-,14-/m0/s1. The molecule has 0 radical (unpaired) electrons. The van der Waals surface area contributed by atoms with Gasteiger partial charge in [0.15, 0.2) is 0 Å². The van der Waals surface area contributed by atoms with Gasteiger partial charge in [-0.05, 0) is 33.6 Å². The van der Waals surface area contributed by atoms with Gasteiger partial charge in [0.1, 0.15) is 5.78 Å². The van der Waals surface area contributed by atoms with E-state index in [1.165, 1.54) is 0 Å². The molecule has 0 aromatic rings. The summed E-state index contributed by atoms with van der Waals surface area (Å²) in [5.41, 5.74) is -0.185. The number of carbonyl (C=O) groups excluding carboxylic acids is 1. The lowest BCUT2D eigenvalue weighted by atomic mass is 9.76. The van der Waals surface area contributed by atoms with Gasteiger partial charge in [-0.1, -0.05) is 47.5 Å². The topological polar surface area (TPSA) is 29.1 Å². The van der Waals surface area contributed by atoms with E-state index in [9.17, 15) is 4.79 Å². The molecule has 0 unspecified atom stereocenters. The Kier molecular flexibility index (Phi) is 7.28. The zero-order valence-corrected chi connectivity index (χ0v) is 14.4. The van der Waals surface area contributed by atoms with Gasteiger partial charge in [-0.2, -0.15) is 0 Å². The maximum Gasteiger partial charge on any atom is 0.142 e. The minimum Gasteiger partial charge on any atom is -0.309 e. The molecule has 0 rings (SSSR count). The quantitative estimate of drug-likeness (QED) is 0.733. The summed E-state index contributed by atoms with van der Waals surface area (Å²) in [6.45, 7) is 17.0. The highest BCUT2D eigenvalue weighted by atomic mass is 16.1. The van der Waals surface area contributed by atoms with Gasteiger partial charge in [-0.25, -0.2) is 0 Å². The molecule has 0 saturated heterocycles. The number of nitrogens with one attached hydrogen (secondary N) is 1. The fraction of sp³-hybridized carbons (Fsp3) is 0.941. The van der Waals surface area contributed by atoms with Crippen LogP contribution in [0.1, 0.15) is 81.1 Å². The summed E-state index contributed by atoms with van der Waals surface area (Å²) in [5.74, 6) is 0.550. The summed E-state index contributed by atoms with van der Waals surface area (Å²) >= 11 is 0. The second-order valence-corrected chi connectivity index (χ2v) is 7.80. The maximum absolute atomic E-state index is 12.7. The third kappa shape index (κ3) is 7.10. The average molecular weight is 269 g/mol. The zero-order chi connectivity index (χ0) is 15.3. The monoisotopic (exact) mass is 269 g/mol. The number of carbonyl (C=O) groups is 1. The fourth-order valence-corrected chi connectivity index (χ4v) is 2.62. The summed E-state index contributed by atoms with van der Waals surface area (Å²) < 4.78 is 0. The number of ketones is 1. The van der Waals surface area contributed by atoms with Crippen LogP contribution in [0.15, 0.2) is 0 Å². The van der Waals surface area contributed by atoms with Crippen molar-refractivity contribution in [1.29, 1.82) is 0 Å². The largest absolute Gasteiger partial charge is 0.309 e. The summed E-state index contributed by atoms with van der Waals surface area (Å²) in [7, 11) is 0. The summed E-state index contributed by atoms with van der Waals surface area (Å²) in [5, 5.41) is 3.67. The first-order valence-corrected chi connectivity index (χ1v) is 7.85. The van der Waals surface area contributed by atoms with Crippen molar-refractivity contribution in [2.45, 2.75) is 92.7 Å². The van der Waals surface area contributed by atoms with E-state index in [0.29, 0.717) is 11.8 Å². The predicted octanol–water partition coefficient (Wildman–Crippen LogP) is 4.57. The Labute approximate surface area is 120 Å². The lowest BCUT2D eigenvalue weighted by Gasteiger charge is -2.36. The Morgan fingerprint density at radius 1 is 0.947 bits per heavy atom. The van der Waals surface area contributed by atoms with Crippen LogP contribution in [0.25, 0.3) is 0 Å². The summed E-state index contributed by atoms with van der Waals surface area (Å²) in [6.07, 6.45) is 4.25. The second kappa shape index (κ2) is 7.42. The molecule has 2 heteroatoms. The van der Waals surface area contributed by atoms with Crippen molar-refractivity contribution in [3.05, 3.63) is 0 Å². The SMILES string of the molecule is CCC[C@H](NC(C)(C)C)[C@H](CCC)C(=O)C(C)(C)C.